The third kappa shape index (κ3) is 2.56. The Morgan fingerprint density at radius 3 is 3.06 bits per heavy atom. The van der Waals surface area contributed by atoms with Crippen molar-refractivity contribution in [1.82, 2.24) is 5.32 Å². The number of alkyl halides is 1. The summed E-state index contributed by atoms with van der Waals surface area (Å²) < 4.78 is 2.36. The van der Waals surface area contributed by atoms with Gasteiger partial charge in [-0.15, -0.1) is 34.3 Å². The zero-order valence-corrected chi connectivity index (χ0v) is 11.2. The van der Waals surface area contributed by atoms with Gasteiger partial charge < -0.3 is 5.32 Å². The zero-order valence-electron chi connectivity index (χ0n) is 8.83. The first kappa shape index (κ1) is 11.9. The van der Waals surface area contributed by atoms with Gasteiger partial charge in [0, 0.05) is 21.8 Å². The SMILES string of the molecule is CC(CCl)CNC(=O)c1cc2sccc2s1. The van der Waals surface area contributed by atoms with E-state index in [1.807, 2.05) is 24.4 Å². The van der Waals surface area contributed by atoms with Crippen molar-refractivity contribution in [3.63, 3.8) is 0 Å². The van der Waals surface area contributed by atoms with Crippen molar-refractivity contribution in [2.75, 3.05) is 12.4 Å². The second kappa shape index (κ2) is 5.17. The molecule has 86 valence electrons. The molecule has 16 heavy (non-hydrogen) atoms. The minimum atomic E-state index is 0.00497. The first-order valence-electron chi connectivity index (χ1n) is 5.02. The first-order chi connectivity index (χ1) is 7.70. The summed E-state index contributed by atoms with van der Waals surface area (Å²) in [5.41, 5.74) is 0. The molecule has 2 aromatic rings. The summed E-state index contributed by atoms with van der Waals surface area (Å²) in [6.07, 6.45) is 0. The van der Waals surface area contributed by atoms with Crippen LogP contribution in [0.1, 0.15) is 16.6 Å². The van der Waals surface area contributed by atoms with Crippen molar-refractivity contribution >= 4 is 49.6 Å². The number of thiophene rings is 2. The van der Waals surface area contributed by atoms with Gasteiger partial charge in [-0.2, -0.15) is 0 Å². The molecule has 2 heterocycles. The van der Waals surface area contributed by atoms with Crippen molar-refractivity contribution in [3.8, 4) is 0 Å². The van der Waals surface area contributed by atoms with E-state index < -0.39 is 0 Å². The lowest BCUT2D eigenvalue weighted by molar-refractivity contribution is 0.0953. The molecule has 2 aromatic heterocycles. The van der Waals surface area contributed by atoms with E-state index in [2.05, 4.69) is 5.32 Å². The molecule has 1 unspecified atom stereocenters. The van der Waals surface area contributed by atoms with E-state index in [0.717, 1.165) is 4.88 Å². The van der Waals surface area contributed by atoms with Crippen LogP contribution in [0, 0.1) is 5.92 Å². The summed E-state index contributed by atoms with van der Waals surface area (Å²) in [5.74, 6) is 0.886. The molecule has 2 nitrogen and oxygen atoms in total. The lowest BCUT2D eigenvalue weighted by atomic mass is 10.2. The molecule has 0 aromatic carbocycles. The van der Waals surface area contributed by atoms with Crippen LogP contribution < -0.4 is 5.32 Å². The number of rotatable bonds is 4. The second-order valence-electron chi connectivity index (χ2n) is 3.73. The molecule has 0 radical (unpaired) electrons. The number of fused-ring (bicyclic) bond motifs is 1. The number of hydrogen-bond acceptors (Lipinski definition) is 3. The van der Waals surface area contributed by atoms with Gasteiger partial charge in [0.05, 0.1) is 4.88 Å². The van der Waals surface area contributed by atoms with Gasteiger partial charge in [-0.05, 0) is 23.4 Å². The molecule has 0 aliphatic heterocycles. The van der Waals surface area contributed by atoms with Crippen molar-refractivity contribution < 1.29 is 4.79 Å². The van der Waals surface area contributed by atoms with Gasteiger partial charge in [-0.3, -0.25) is 4.79 Å². The van der Waals surface area contributed by atoms with Crippen LogP contribution in [0.15, 0.2) is 17.5 Å². The van der Waals surface area contributed by atoms with Gasteiger partial charge in [-0.1, -0.05) is 6.92 Å². The largest absolute Gasteiger partial charge is 0.351 e. The molecular weight excluding hydrogens is 262 g/mol. The Bertz CT molecular complexity index is 462. The molecule has 1 amide bonds. The topological polar surface area (TPSA) is 29.1 Å². The van der Waals surface area contributed by atoms with E-state index >= 15 is 0 Å². The molecule has 1 N–H and O–H groups in total. The number of carbonyl (C=O) groups is 1. The normalized spacial score (nSPS) is 12.9. The molecular formula is C11H12ClNOS2. The number of halogens is 1. The molecule has 1 atom stereocenters. The standard InChI is InChI=1S/C11H12ClNOS2/c1-7(5-12)6-13-11(14)10-4-9-8(16-10)2-3-15-9/h2-4,7H,5-6H2,1H3,(H,13,14). The molecule has 2 rings (SSSR count). The van der Waals surface area contributed by atoms with Gasteiger partial charge >= 0.3 is 0 Å². The number of carbonyl (C=O) groups excluding carboxylic acids is 1. The lowest BCUT2D eigenvalue weighted by Gasteiger charge is -2.07. The van der Waals surface area contributed by atoms with Crippen LogP contribution in [-0.4, -0.2) is 18.3 Å². The van der Waals surface area contributed by atoms with Gasteiger partial charge in [0.2, 0.25) is 0 Å². The van der Waals surface area contributed by atoms with Crippen molar-refractivity contribution in [2.45, 2.75) is 6.92 Å². The fraction of sp³-hybridized carbons (Fsp3) is 0.364. The average Bonchev–Trinajstić information content (AvgIpc) is 2.85. The van der Waals surface area contributed by atoms with Crippen LogP contribution in [0.25, 0.3) is 9.40 Å². The highest BCUT2D eigenvalue weighted by atomic mass is 35.5. The highest BCUT2D eigenvalue weighted by molar-refractivity contribution is 7.27. The minimum absolute atomic E-state index is 0.00497. The minimum Gasteiger partial charge on any atom is -0.351 e. The summed E-state index contributed by atoms with van der Waals surface area (Å²) >= 11 is 8.88. The average molecular weight is 274 g/mol. The Hall–Kier alpha value is -0.580. The Morgan fingerprint density at radius 2 is 2.38 bits per heavy atom. The van der Waals surface area contributed by atoms with Gasteiger partial charge in [0.25, 0.3) is 5.91 Å². The summed E-state index contributed by atoms with van der Waals surface area (Å²) in [5, 5.41) is 4.93. The van der Waals surface area contributed by atoms with Gasteiger partial charge in [0.15, 0.2) is 0 Å². The fourth-order valence-electron chi connectivity index (χ4n) is 1.29. The molecule has 0 spiro atoms. The second-order valence-corrected chi connectivity index (χ2v) is 6.07. The number of hydrogen-bond donors (Lipinski definition) is 1. The van der Waals surface area contributed by atoms with Crippen LogP contribution in [0.3, 0.4) is 0 Å². The molecule has 0 aliphatic carbocycles. The maximum Gasteiger partial charge on any atom is 0.261 e. The summed E-state index contributed by atoms with van der Waals surface area (Å²) in [7, 11) is 0. The van der Waals surface area contributed by atoms with Crippen LogP contribution in [0.4, 0.5) is 0 Å². The quantitative estimate of drug-likeness (QED) is 0.848. The zero-order chi connectivity index (χ0) is 11.5. The van der Waals surface area contributed by atoms with E-state index in [9.17, 15) is 4.79 Å². The third-order valence-electron chi connectivity index (χ3n) is 2.24. The maximum atomic E-state index is 11.8. The molecule has 5 heteroatoms. The lowest BCUT2D eigenvalue weighted by Crippen LogP contribution is -2.28. The molecule has 0 fully saturated rings. The van der Waals surface area contributed by atoms with E-state index in [1.165, 1.54) is 20.7 Å². The highest BCUT2D eigenvalue weighted by Gasteiger charge is 2.11. The summed E-state index contributed by atoms with van der Waals surface area (Å²) in [4.78, 5) is 12.6. The monoisotopic (exact) mass is 273 g/mol. The Morgan fingerprint density at radius 1 is 1.56 bits per heavy atom. The van der Waals surface area contributed by atoms with Gasteiger partial charge in [-0.25, -0.2) is 0 Å². The predicted octanol–water partition coefficient (Wildman–Crippen LogP) is 3.57. The van der Waals surface area contributed by atoms with Gasteiger partial charge in [0.1, 0.15) is 0 Å². The Balaban J connectivity index is 2.02. The molecule has 0 bridgehead atoms. The van der Waals surface area contributed by atoms with Crippen molar-refractivity contribution in [1.29, 1.82) is 0 Å². The number of nitrogens with one attached hydrogen (secondary N) is 1. The van der Waals surface area contributed by atoms with Crippen LogP contribution in [0.2, 0.25) is 0 Å². The van der Waals surface area contributed by atoms with Crippen molar-refractivity contribution in [2.24, 2.45) is 5.92 Å². The van der Waals surface area contributed by atoms with E-state index in [1.54, 1.807) is 11.3 Å². The molecule has 0 aliphatic rings. The van der Waals surface area contributed by atoms with Crippen molar-refractivity contribution in [3.05, 3.63) is 22.4 Å². The smallest absolute Gasteiger partial charge is 0.261 e. The van der Waals surface area contributed by atoms with Crippen LogP contribution in [-0.2, 0) is 0 Å². The first-order valence-corrected chi connectivity index (χ1v) is 7.25. The highest BCUT2D eigenvalue weighted by Crippen LogP contribution is 2.29. The predicted molar refractivity (Wildman–Crippen MR) is 71.9 cm³/mol. The Kier molecular flexibility index (Phi) is 3.84. The summed E-state index contributed by atoms with van der Waals surface area (Å²) in [6, 6.07) is 3.99. The molecule has 0 saturated heterocycles. The Labute approximate surface area is 107 Å². The molecule has 0 saturated carbocycles. The van der Waals surface area contributed by atoms with E-state index in [-0.39, 0.29) is 5.91 Å². The van der Waals surface area contributed by atoms with E-state index in [0.29, 0.717) is 18.3 Å². The van der Waals surface area contributed by atoms with Crippen LogP contribution in [0.5, 0.6) is 0 Å². The fourth-order valence-corrected chi connectivity index (χ4v) is 3.42. The third-order valence-corrected chi connectivity index (χ3v) is 4.86. The van der Waals surface area contributed by atoms with E-state index in [4.69, 9.17) is 11.6 Å². The summed E-state index contributed by atoms with van der Waals surface area (Å²) in [6.45, 7) is 2.65. The number of amides is 1. The van der Waals surface area contributed by atoms with Crippen LogP contribution >= 0.6 is 34.3 Å². The maximum absolute atomic E-state index is 11.8.